The Labute approximate surface area is 193 Å². The van der Waals surface area contributed by atoms with Crippen LogP contribution in [0.25, 0.3) is 0 Å². The summed E-state index contributed by atoms with van der Waals surface area (Å²) < 4.78 is 29.2. The molecule has 7 nitrogen and oxygen atoms in total. The lowest BCUT2D eigenvalue weighted by Gasteiger charge is -2.17. The number of imidazole rings is 1. The number of carbonyl (C=O) groups is 1. The molecule has 1 aliphatic heterocycles. The largest absolute Gasteiger partial charge is 0.352 e. The summed E-state index contributed by atoms with van der Waals surface area (Å²) in [5, 5.41) is 2.97. The highest BCUT2D eigenvalue weighted by atomic mass is 35.5. The molecule has 0 bridgehead atoms. The van der Waals surface area contributed by atoms with Gasteiger partial charge in [0, 0.05) is 50.6 Å². The van der Waals surface area contributed by atoms with Gasteiger partial charge in [0.2, 0.25) is 10.0 Å². The zero-order valence-corrected chi connectivity index (χ0v) is 19.1. The van der Waals surface area contributed by atoms with E-state index in [2.05, 4.69) is 22.4 Å². The van der Waals surface area contributed by atoms with Gasteiger partial charge in [-0.2, -0.15) is 4.31 Å². The normalized spacial score (nSPS) is 14.5. The first kappa shape index (κ1) is 22.5. The molecule has 2 heterocycles. The van der Waals surface area contributed by atoms with Crippen molar-refractivity contribution in [3.63, 3.8) is 0 Å². The fraction of sp³-hybridized carbons (Fsp3) is 0.304. The Morgan fingerprint density at radius 1 is 1.09 bits per heavy atom. The van der Waals surface area contributed by atoms with E-state index in [9.17, 15) is 13.2 Å². The first-order valence-corrected chi connectivity index (χ1v) is 12.4. The number of rotatable bonds is 8. The highest BCUT2D eigenvalue weighted by Gasteiger charge is 2.29. The maximum absolute atomic E-state index is 12.9. The molecule has 9 heteroatoms. The monoisotopic (exact) mass is 472 g/mol. The Bertz CT molecular complexity index is 1190. The maximum atomic E-state index is 12.9. The number of nitrogens with one attached hydrogen (secondary N) is 1. The fourth-order valence-electron chi connectivity index (χ4n) is 3.79. The molecule has 4 rings (SSSR count). The molecule has 168 valence electrons. The SMILES string of the molecule is O=C(NCCc1nccn1Cc1ccccc1)c1ccc(Cl)c(S(=O)(=O)N2CCCC2)c1. The van der Waals surface area contributed by atoms with Crippen LogP contribution in [0.15, 0.2) is 65.8 Å². The van der Waals surface area contributed by atoms with Gasteiger partial charge in [-0.05, 0) is 36.6 Å². The Balaban J connectivity index is 1.40. The van der Waals surface area contributed by atoms with Gasteiger partial charge in [0.25, 0.3) is 5.91 Å². The molecule has 0 spiro atoms. The first-order chi connectivity index (χ1) is 15.4. The van der Waals surface area contributed by atoms with E-state index in [0.717, 1.165) is 18.7 Å². The van der Waals surface area contributed by atoms with Crippen molar-refractivity contribution in [3.05, 3.63) is 82.9 Å². The summed E-state index contributed by atoms with van der Waals surface area (Å²) in [6.45, 7) is 2.04. The molecular formula is C23H25ClN4O3S. The highest BCUT2D eigenvalue weighted by Crippen LogP contribution is 2.28. The van der Waals surface area contributed by atoms with E-state index >= 15 is 0 Å². The Kier molecular flexibility index (Phi) is 6.93. The summed E-state index contributed by atoms with van der Waals surface area (Å²) in [6, 6.07) is 14.4. The number of carbonyl (C=O) groups excluding carboxylic acids is 1. The van der Waals surface area contributed by atoms with E-state index in [4.69, 9.17) is 11.6 Å². The summed E-state index contributed by atoms with van der Waals surface area (Å²) in [4.78, 5) is 17.0. The fourth-order valence-corrected chi connectivity index (χ4v) is 5.81. The third kappa shape index (κ3) is 5.03. The van der Waals surface area contributed by atoms with Gasteiger partial charge in [0.15, 0.2) is 0 Å². The lowest BCUT2D eigenvalue weighted by Crippen LogP contribution is -2.29. The third-order valence-corrected chi connectivity index (χ3v) is 7.89. The zero-order valence-electron chi connectivity index (χ0n) is 17.6. The standard InChI is InChI=1S/C23H25ClN4O3S/c24-20-9-8-19(16-21(20)32(30,31)28-13-4-5-14-28)23(29)26-11-10-22-25-12-15-27(22)17-18-6-2-1-3-7-18/h1-3,6-9,12,15-16H,4-5,10-11,13-14,17H2,(H,26,29). The van der Waals surface area contributed by atoms with Crippen LogP contribution < -0.4 is 5.32 Å². The van der Waals surface area contributed by atoms with E-state index in [-0.39, 0.29) is 21.4 Å². The van der Waals surface area contributed by atoms with Crippen LogP contribution >= 0.6 is 11.6 Å². The molecule has 1 amide bonds. The average molecular weight is 473 g/mol. The van der Waals surface area contributed by atoms with Crippen molar-refractivity contribution >= 4 is 27.5 Å². The molecule has 2 aromatic carbocycles. The molecule has 0 aliphatic carbocycles. The molecule has 3 aromatic rings. The van der Waals surface area contributed by atoms with Gasteiger partial charge < -0.3 is 9.88 Å². The van der Waals surface area contributed by atoms with Crippen LogP contribution in [0, 0.1) is 0 Å². The quantitative estimate of drug-likeness (QED) is 0.545. The summed E-state index contributed by atoms with van der Waals surface area (Å²) in [5.74, 6) is 0.517. The van der Waals surface area contributed by atoms with Crippen LogP contribution in [0.5, 0.6) is 0 Å². The van der Waals surface area contributed by atoms with E-state index < -0.39 is 10.0 Å². The lowest BCUT2D eigenvalue weighted by molar-refractivity contribution is 0.0953. The molecule has 1 fully saturated rings. The highest BCUT2D eigenvalue weighted by molar-refractivity contribution is 7.89. The van der Waals surface area contributed by atoms with Crippen molar-refractivity contribution < 1.29 is 13.2 Å². The number of benzene rings is 2. The van der Waals surface area contributed by atoms with Gasteiger partial charge in [0.05, 0.1) is 5.02 Å². The Hall–Kier alpha value is -2.68. The van der Waals surface area contributed by atoms with E-state index in [1.54, 1.807) is 6.20 Å². The van der Waals surface area contributed by atoms with Gasteiger partial charge in [-0.1, -0.05) is 41.9 Å². The van der Waals surface area contributed by atoms with Gasteiger partial charge in [0.1, 0.15) is 10.7 Å². The molecule has 0 saturated carbocycles. The number of sulfonamides is 1. The molecule has 1 aliphatic rings. The summed E-state index contributed by atoms with van der Waals surface area (Å²) >= 11 is 6.17. The second-order valence-electron chi connectivity index (χ2n) is 7.72. The number of halogens is 1. The topological polar surface area (TPSA) is 84.3 Å². The molecule has 1 saturated heterocycles. The second kappa shape index (κ2) is 9.85. The van der Waals surface area contributed by atoms with Crippen molar-refractivity contribution in [1.29, 1.82) is 0 Å². The Morgan fingerprint density at radius 2 is 1.84 bits per heavy atom. The summed E-state index contributed by atoms with van der Waals surface area (Å²) in [5.41, 5.74) is 1.43. The summed E-state index contributed by atoms with van der Waals surface area (Å²) in [7, 11) is -3.71. The van der Waals surface area contributed by atoms with Crippen LogP contribution in [-0.4, -0.2) is 47.8 Å². The summed E-state index contributed by atoms with van der Waals surface area (Å²) in [6.07, 6.45) is 5.87. The molecule has 0 unspecified atom stereocenters. The average Bonchev–Trinajstić information content (AvgIpc) is 3.48. The minimum Gasteiger partial charge on any atom is -0.352 e. The van der Waals surface area contributed by atoms with Gasteiger partial charge in [-0.3, -0.25) is 4.79 Å². The number of hydrogen-bond donors (Lipinski definition) is 1. The number of hydrogen-bond acceptors (Lipinski definition) is 4. The van der Waals surface area contributed by atoms with Crippen molar-refractivity contribution in [2.75, 3.05) is 19.6 Å². The van der Waals surface area contributed by atoms with Crippen LogP contribution in [0.1, 0.15) is 34.6 Å². The second-order valence-corrected chi connectivity index (χ2v) is 10.0. The Morgan fingerprint density at radius 3 is 2.59 bits per heavy atom. The lowest BCUT2D eigenvalue weighted by atomic mass is 10.2. The number of amides is 1. The predicted octanol–water partition coefficient (Wildman–Crippen LogP) is 3.34. The number of nitrogens with zero attached hydrogens (tertiary/aromatic N) is 3. The van der Waals surface area contributed by atoms with E-state index in [1.807, 2.05) is 29.0 Å². The van der Waals surface area contributed by atoms with Crippen molar-refractivity contribution in [2.45, 2.75) is 30.7 Å². The van der Waals surface area contributed by atoms with Gasteiger partial charge >= 0.3 is 0 Å². The zero-order chi connectivity index (χ0) is 22.6. The van der Waals surface area contributed by atoms with Crippen LogP contribution in [0.3, 0.4) is 0 Å². The van der Waals surface area contributed by atoms with Crippen molar-refractivity contribution in [3.8, 4) is 0 Å². The third-order valence-electron chi connectivity index (χ3n) is 5.51. The predicted molar refractivity (Wildman–Crippen MR) is 123 cm³/mol. The number of aromatic nitrogens is 2. The maximum Gasteiger partial charge on any atom is 0.251 e. The van der Waals surface area contributed by atoms with Crippen LogP contribution in [0.2, 0.25) is 5.02 Å². The van der Waals surface area contributed by atoms with E-state index in [0.29, 0.717) is 32.6 Å². The molecule has 0 atom stereocenters. The molecule has 1 N–H and O–H groups in total. The van der Waals surface area contributed by atoms with Gasteiger partial charge in [-0.25, -0.2) is 13.4 Å². The first-order valence-electron chi connectivity index (χ1n) is 10.6. The van der Waals surface area contributed by atoms with Gasteiger partial charge in [-0.15, -0.1) is 0 Å². The minimum atomic E-state index is -3.71. The molecular weight excluding hydrogens is 448 g/mol. The molecule has 32 heavy (non-hydrogen) atoms. The smallest absolute Gasteiger partial charge is 0.251 e. The molecule has 1 aromatic heterocycles. The van der Waals surface area contributed by atoms with Crippen molar-refractivity contribution in [1.82, 2.24) is 19.2 Å². The minimum absolute atomic E-state index is 0.0212. The van der Waals surface area contributed by atoms with Crippen LogP contribution in [-0.2, 0) is 23.0 Å². The van der Waals surface area contributed by atoms with Crippen molar-refractivity contribution in [2.24, 2.45) is 0 Å². The van der Waals surface area contributed by atoms with Crippen LogP contribution in [0.4, 0.5) is 0 Å². The van der Waals surface area contributed by atoms with E-state index in [1.165, 1.54) is 28.1 Å². The molecule has 0 radical (unpaired) electrons.